The summed E-state index contributed by atoms with van der Waals surface area (Å²) < 4.78 is 0. The Labute approximate surface area is 63.4 Å². The maximum absolute atomic E-state index is 2.69. The molecule has 0 aromatic carbocycles. The third kappa shape index (κ3) is 0.968. The molecule has 0 amide bonds. The molecule has 2 rings (SSSR count). The minimum Gasteiger partial charge on any atom is -0.300 e. The minimum absolute atomic E-state index is 0.966. The smallest absolute Gasteiger partial charge is 0.0121 e. The fourth-order valence-electron chi connectivity index (χ4n) is 2.50. The van der Waals surface area contributed by atoms with E-state index in [4.69, 9.17) is 0 Å². The Kier molecular flexibility index (Phi) is 1.69. The topological polar surface area (TPSA) is 3.24 Å². The molecule has 0 N–H and O–H groups in total. The van der Waals surface area contributed by atoms with Gasteiger partial charge in [-0.2, -0.15) is 0 Å². The van der Waals surface area contributed by atoms with Crippen LogP contribution < -0.4 is 0 Å². The summed E-state index contributed by atoms with van der Waals surface area (Å²) in [5, 5.41) is 0. The van der Waals surface area contributed by atoms with Gasteiger partial charge in [0, 0.05) is 6.04 Å². The first-order chi connectivity index (χ1) is 4.88. The van der Waals surface area contributed by atoms with Gasteiger partial charge < -0.3 is 4.90 Å². The largest absolute Gasteiger partial charge is 0.300 e. The summed E-state index contributed by atoms with van der Waals surface area (Å²) in [4.78, 5) is 2.69. The molecule has 2 aliphatic rings. The summed E-state index contributed by atoms with van der Waals surface area (Å²) in [6.45, 7) is 5.18. The van der Waals surface area contributed by atoms with Crippen LogP contribution in [0.1, 0.15) is 32.6 Å². The summed E-state index contributed by atoms with van der Waals surface area (Å²) in [5.74, 6) is 0.986. The normalized spacial score (nSPS) is 41.7. The van der Waals surface area contributed by atoms with E-state index in [-0.39, 0.29) is 0 Å². The molecule has 1 heteroatoms. The van der Waals surface area contributed by atoms with Gasteiger partial charge in [-0.05, 0) is 38.3 Å². The average molecular weight is 139 g/mol. The van der Waals surface area contributed by atoms with Crippen molar-refractivity contribution in [1.82, 2.24) is 4.90 Å². The lowest BCUT2D eigenvalue weighted by Crippen LogP contribution is -2.36. The van der Waals surface area contributed by atoms with Crippen molar-refractivity contribution < 1.29 is 0 Å². The van der Waals surface area contributed by atoms with Crippen LogP contribution in [0.2, 0.25) is 0 Å². The highest BCUT2D eigenvalue weighted by atomic mass is 15.2. The molecule has 0 unspecified atom stereocenters. The first kappa shape index (κ1) is 6.66. The van der Waals surface area contributed by atoms with Crippen LogP contribution in [-0.2, 0) is 0 Å². The van der Waals surface area contributed by atoms with Crippen molar-refractivity contribution in [3.05, 3.63) is 0 Å². The van der Waals surface area contributed by atoms with E-state index in [1.54, 1.807) is 0 Å². The summed E-state index contributed by atoms with van der Waals surface area (Å²) in [6.07, 6.45) is 5.85. The zero-order valence-electron chi connectivity index (χ0n) is 6.84. The van der Waals surface area contributed by atoms with Gasteiger partial charge in [0.05, 0.1) is 0 Å². The molecular formula is C9H17N. The molecule has 0 bridgehead atoms. The average Bonchev–Trinajstić information content (AvgIpc) is 2.34. The number of hydrogen-bond donors (Lipinski definition) is 0. The van der Waals surface area contributed by atoms with Crippen LogP contribution in [0.4, 0.5) is 0 Å². The van der Waals surface area contributed by atoms with Crippen molar-refractivity contribution in [2.75, 3.05) is 13.1 Å². The maximum atomic E-state index is 2.69. The van der Waals surface area contributed by atoms with Gasteiger partial charge in [0.25, 0.3) is 0 Å². The second-order valence-corrected chi connectivity index (χ2v) is 3.87. The lowest BCUT2D eigenvalue weighted by atomic mass is 9.95. The second-order valence-electron chi connectivity index (χ2n) is 3.87. The van der Waals surface area contributed by atoms with Gasteiger partial charge in [-0.25, -0.2) is 0 Å². The molecule has 0 saturated carbocycles. The predicted octanol–water partition coefficient (Wildman–Crippen LogP) is 1.88. The maximum Gasteiger partial charge on any atom is 0.0121 e. The molecule has 2 atom stereocenters. The molecule has 0 aromatic heterocycles. The minimum atomic E-state index is 0.966. The van der Waals surface area contributed by atoms with Crippen LogP contribution in [0.15, 0.2) is 0 Å². The molecule has 10 heavy (non-hydrogen) atoms. The van der Waals surface area contributed by atoms with Crippen LogP contribution in [0.25, 0.3) is 0 Å². The molecular weight excluding hydrogens is 122 g/mol. The number of fused-ring (bicyclic) bond motifs is 1. The third-order valence-electron chi connectivity index (χ3n) is 3.19. The third-order valence-corrected chi connectivity index (χ3v) is 3.19. The van der Waals surface area contributed by atoms with Gasteiger partial charge >= 0.3 is 0 Å². The first-order valence-electron chi connectivity index (χ1n) is 4.62. The number of rotatable bonds is 0. The highest BCUT2D eigenvalue weighted by Gasteiger charge is 2.32. The van der Waals surface area contributed by atoms with Crippen LogP contribution in [0.5, 0.6) is 0 Å². The van der Waals surface area contributed by atoms with Gasteiger partial charge in [-0.3, -0.25) is 0 Å². The molecule has 2 saturated heterocycles. The quantitative estimate of drug-likeness (QED) is 0.495. The van der Waals surface area contributed by atoms with Crippen molar-refractivity contribution in [2.45, 2.75) is 38.6 Å². The van der Waals surface area contributed by atoms with E-state index >= 15 is 0 Å². The Morgan fingerprint density at radius 3 is 2.80 bits per heavy atom. The molecule has 1 nitrogen and oxygen atoms in total. The Morgan fingerprint density at radius 2 is 2.00 bits per heavy atom. The number of piperidine rings is 1. The summed E-state index contributed by atoms with van der Waals surface area (Å²) in [7, 11) is 0. The Balaban J connectivity index is 2.01. The number of hydrogen-bond acceptors (Lipinski definition) is 1. The molecule has 0 aromatic rings. The highest BCUT2D eigenvalue weighted by Crippen LogP contribution is 2.30. The van der Waals surface area contributed by atoms with E-state index < -0.39 is 0 Å². The van der Waals surface area contributed by atoms with Crippen LogP contribution >= 0.6 is 0 Å². The van der Waals surface area contributed by atoms with E-state index in [2.05, 4.69) is 11.8 Å². The second kappa shape index (κ2) is 2.54. The fourth-order valence-corrected chi connectivity index (χ4v) is 2.50. The standard InChI is InChI=1S/C9H17N/c1-8-5-7-10-6-3-2-4-9(8)10/h8-9H,2-7H2,1H3/t8-,9+/m1/s1. The molecule has 2 fully saturated rings. The highest BCUT2D eigenvalue weighted by molar-refractivity contribution is 4.86. The summed E-state index contributed by atoms with van der Waals surface area (Å²) in [6, 6.07) is 0.966. The Hall–Kier alpha value is -0.0400. The Morgan fingerprint density at radius 1 is 1.10 bits per heavy atom. The van der Waals surface area contributed by atoms with Gasteiger partial charge in [0.2, 0.25) is 0 Å². The first-order valence-corrected chi connectivity index (χ1v) is 4.62. The SMILES string of the molecule is C[C@@H]1CCN2CCCC[C@@H]12. The van der Waals surface area contributed by atoms with E-state index in [0.717, 1.165) is 12.0 Å². The molecule has 2 heterocycles. The Bertz CT molecular complexity index is 120. The van der Waals surface area contributed by atoms with E-state index in [1.165, 1.54) is 38.8 Å². The lowest BCUT2D eigenvalue weighted by molar-refractivity contribution is 0.177. The van der Waals surface area contributed by atoms with Crippen molar-refractivity contribution in [3.8, 4) is 0 Å². The lowest BCUT2D eigenvalue weighted by Gasteiger charge is -2.31. The summed E-state index contributed by atoms with van der Waals surface area (Å²) in [5.41, 5.74) is 0. The van der Waals surface area contributed by atoms with E-state index in [1.807, 2.05) is 0 Å². The van der Waals surface area contributed by atoms with Gasteiger partial charge in [-0.1, -0.05) is 13.3 Å². The predicted molar refractivity (Wildman–Crippen MR) is 43.0 cm³/mol. The van der Waals surface area contributed by atoms with E-state index in [0.29, 0.717) is 0 Å². The van der Waals surface area contributed by atoms with Crippen molar-refractivity contribution in [2.24, 2.45) is 5.92 Å². The van der Waals surface area contributed by atoms with Crippen molar-refractivity contribution in [1.29, 1.82) is 0 Å². The van der Waals surface area contributed by atoms with Gasteiger partial charge in [0.15, 0.2) is 0 Å². The monoisotopic (exact) mass is 139 g/mol. The zero-order chi connectivity index (χ0) is 6.97. The molecule has 0 spiro atoms. The molecule has 0 radical (unpaired) electrons. The van der Waals surface area contributed by atoms with Gasteiger partial charge in [0.1, 0.15) is 0 Å². The zero-order valence-corrected chi connectivity index (χ0v) is 6.84. The van der Waals surface area contributed by atoms with Crippen LogP contribution in [0.3, 0.4) is 0 Å². The number of nitrogens with zero attached hydrogens (tertiary/aromatic N) is 1. The van der Waals surface area contributed by atoms with Crippen LogP contribution in [-0.4, -0.2) is 24.0 Å². The van der Waals surface area contributed by atoms with Crippen molar-refractivity contribution in [3.63, 3.8) is 0 Å². The van der Waals surface area contributed by atoms with Crippen LogP contribution in [0, 0.1) is 5.92 Å². The van der Waals surface area contributed by atoms with Gasteiger partial charge in [-0.15, -0.1) is 0 Å². The fraction of sp³-hybridized carbons (Fsp3) is 1.00. The van der Waals surface area contributed by atoms with Crippen molar-refractivity contribution >= 4 is 0 Å². The summed E-state index contributed by atoms with van der Waals surface area (Å²) >= 11 is 0. The molecule has 2 aliphatic heterocycles. The molecule has 58 valence electrons. The molecule has 0 aliphatic carbocycles. The van der Waals surface area contributed by atoms with E-state index in [9.17, 15) is 0 Å².